The van der Waals surface area contributed by atoms with Crippen LogP contribution in [0.25, 0.3) is 11.1 Å². The predicted octanol–water partition coefficient (Wildman–Crippen LogP) is 3.14. The number of thiophene rings is 1. The van der Waals surface area contributed by atoms with Crippen molar-refractivity contribution in [1.82, 2.24) is 0 Å². The van der Waals surface area contributed by atoms with Crippen molar-refractivity contribution in [1.29, 1.82) is 0 Å². The fourth-order valence-electron chi connectivity index (χ4n) is 1.41. The summed E-state index contributed by atoms with van der Waals surface area (Å²) in [4.78, 5) is 21.4. The zero-order valence-corrected chi connectivity index (χ0v) is 8.94. The Bertz CT molecular complexity index is 530. The highest BCUT2D eigenvalue weighted by atomic mass is 32.1. The van der Waals surface area contributed by atoms with Crippen LogP contribution >= 0.6 is 11.3 Å². The molecule has 2 rings (SSSR count). The van der Waals surface area contributed by atoms with Crippen LogP contribution in [-0.4, -0.2) is 11.2 Å². The Morgan fingerprint density at radius 3 is 2.44 bits per heavy atom. The monoisotopic (exact) mass is 233 g/mol. The largest absolute Gasteiger partial charge is 0.297 e. The third kappa shape index (κ3) is 1.85. The van der Waals surface area contributed by atoms with E-state index in [0.29, 0.717) is 4.88 Å². The molecule has 0 amide bonds. The van der Waals surface area contributed by atoms with E-state index in [9.17, 15) is 14.9 Å². The van der Waals surface area contributed by atoms with Gasteiger partial charge in [-0.05, 0) is 29.1 Å². The SMILES string of the molecule is O=Cc1sccc1-c1ccc([N+](=O)[O-])cc1. The van der Waals surface area contributed by atoms with Gasteiger partial charge in [-0.15, -0.1) is 11.3 Å². The first-order valence-corrected chi connectivity index (χ1v) is 5.38. The average molecular weight is 233 g/mol. The van der Waals surface area contributed by atoms with Crippen LogP contribution in [0.5, 0.6) is 0 Å². The molecule has 0 N–H and O–H groups in total. The van der Waals surface area contributed by atoms with Gasteiger partial charge in [-0.3, -0.25) is 14.9 Å². The molecular weight excluding hydrogens is 226 g/mol. The van der Waals surface area contributed by atoms with Crippen LogP contribution in [0.1, 0.15) is 9.67 Å². The van der Waals surface area contributed by atoms with E-state index in [-0.39, 0.29) is 5.69 Å². The van der Waals surface area contributed by atoms with Crippen LogP contribution in [0.15, 0.2) is 35.7 Å². The molecular formula is C11H7NO3S. The molecule has 0 saturated carbocycles. The molecule has 80 valence electrons. The van der Waals surface area contributed by atoms with Gasteiger partial charge in [0, 0.05) is 17.7 Å². The molecule has 0 aliphatic rings. The summed E-state index contributed by atoms with van der Waals surface area (Å²) in [5.41, 5.74) is 1.68. The number of rotatable bonds is 3. The molecule has 1 heterocycles. The number of benzene rings is 1. The van der Waals surface area contributed by atoms with Crippen molar-refractivity contribution in [3.63, 3.8) is 0 Å². The van der Waals surface area contributed by atoms with Crippen molar-refractivity contribution < 1.29 is 9.72 Å². The Labute approximate surface area is 95.3 Å². The topological polar surface area (TPSA) is 60.2 Å². The minimum atomic E-state index is -0.446. The summed E-state index contributed by atoms with van der Waals surface area (Å²) in [5, 5.41) is 12.3. The second-order valence-corrected chi connectivity index (χ2v) is 4.07. The van der Waals surface area contributed by atoms with Crippen LogP contribution in [0.4, 0.5) is 5.69 Å². The quantitative estimate of drug-likeness (QED) is 0.465. The van der Waals surface area contributed by atoms with Gasteiger partial charge < -0.3 is 0 Å². The molecule has 0 saturated heterocycles. The lowest BCUT2D eigenvalue weighted by Crippen LogP contribution is -1.87. The fraction of sp³-hybridized carbons (Fsp3) is 0. The van der Waals surface area contributed by atoms with E-state index in [2.05, 4.69) is 0 Å². The molecule has 0 aliphatic carbocycles. The molecule has 0 fully saturated rings. The minimum absolute atomic E-state index is 0.0478. The van der Waals surface area contributed by atoms with Crippen molar-refractivity contribution in [3.8, 4) is 11.1 Å². The molecule has 16 heavy (non-hydrogen) atoms. The van der Waals surface area contributed by atoms with Gasteiger partial charge in [-0.25, -0.2) is 0 Å². The number of hydrogen-bond donors (Lipinski definition) is 0. The molecule has 0 radical (unpaired) electrons. The summed E-state index contributed by atoms with van der Waals surface area (Å²) in [6, 6.07) is 7.99. The second kappa shape index (κ2) is 4.24. The highest BCUT2D eigenvalue weighted by Crippen LogP contribution is 2.28. The summed E-state index contributed by atoms with van der Waals surface area (Å²) in [6.45, 7) is 0. The summed E-state index contributed by atoms with van der Waals surface area (Å²) >= 11 is 1.35. The molecule has 0 unspecified atom stereocenters. The van der Waals surface area contributed by atoms with E-state index < -0.39 is 4.92 Å². The van der Waals surface area contributed by atoms with E-state index >= 15 is 0 Å². The number of nitro benzene ring substituents is 1. The molecule has 0 bridgehead atoms. The van der Waals surface area contributed by atoms with Gasteiger partial charge in [0.15, 0.2) is 6.29 Å². The van der Waals surface area contributed by atoms with E-state index in [1.807, 2.05) is 11.4 Å². The number of hydrogen-bond acceptors (Lipinski definition) is 4. The molecule has 0 aliphatic heterocycles. The number of carbonyl (C=O) groups is 1. The first-order valence-electron chi connectivity index (χ1n) is 4.50. The molecule has 4 nitrogen and oxygen atoms in total. The third-order valence-corrected chi connectivity index (χ3v) is 3.03. The van der Waals surface area contributed by atoms with Crippen LogP contribution < -0.4 is 0 Å². The van der Waals surface area contributed by atoms with Crippen LogP contribution in [0.3, 0.4) is 0 Å². The van der Waals surface area contributed by atoms with Crippen molar-refractivity contribution >= 4 is 23.3 Å². The fourth-order valence-corrected chi connectivity index (χ4v) is 2.13. The molecule has 0 atom stereocenters. The van der Waals surface area contributed by atoms with E-state index in [0.717, 1.165) is 17.4 Å². The maximum atomic E-state index is 10.7. The van der Waals surface area contributed by atoms with Crippen molar-refractivity contribution in [2.75, 3.05) is 0 Å². The first kappa shape index (κ1) is 10.5. The molecule has 1 aromatic carbocycles. The average Bonchev–Trinajstić information content (AvgIpc) is 2.77. The maximum absolute atomic E-state index is 10.7. The Morgan fingerprint density at radius 1 is 1.19 bits per heavy atom. The minimum Gasteiger partial charge on any atom is -0.297 e. The van der Waals surface area contributed by atoms with Crippen molar-refractivity contribution in [2.45, 2.75) is 0 Å². The molecule has 0 spiro atoms. The second-order valence-electron chi connectivity index (χ2n) is 3.12. The Kier molecular flexibility index (Phi) is 2.78. The molecule has 1 aromatic heterocycles. The highest BCUT2D eigenvalue weighted by molar-refractivity contribution is 7.12. The zero-order valence-electron chi connectivity index (χ0n) is 8.12. The van der Waals surface area contributed by atoms with Crippen LogP contribution in [0, 0.1) is 10.1 Å². The van der Waals surface area contributed by atoms with Gasteiger partial charge in [0.2, 0.25) is 0 Å². The lowest BCUT2D eigenvalue weighted by atomic mass is 10.1. The van der Waals surface area contributed by atoms with Gasteiger partial charge in [0.05, 0.1) is 9.80 Å². The molecule has 2 aromatic rings. The first-order chi connectivity index (χ1) is 7.72. The van der Waals surface area contributed by atoms with Crippen molar-refractivity contribution in [3.05, 3.63) is 50.7 Å². The van der Waals surface area contributed by atoms with E-state index in [4.69, 9.17) is 0 Å². The summed E-state index contributed by atoms with van der Waals surface area (Å²) < 4.78 is 0. The number of non-ortho nitro benzene ring substituents is 1. The van der Waals surface area contributed by atoms with Gasteiger partial charge >= 0.3 is 0 Å². The third-order valence-electron chi connectivity index (χ3n) is 2.19. The smallest absolute Gasteiger partial charge is 0.269 e. The lowest BCUT2D eigenvalue weighted by molar-refractivity contribution is -0.384. The number of nitrogens with zero attached hydrogens (tertiary/aromatic N) is 1. The van der Waals surface area contributed by atoms with Gasteiger partial charge in [-0.1, -0.05) is 0 Å². The Morgan fingerprint density at radius 2 is 1.88 bits per heavy atom. The lowest BCUT2D eigenvalue weighted by Gasteiger charge is -1.98. The standard InChI is InChI=1S/C11H7NO3S/c13-7-11-10(5-6-16-11)8-1-3-9(4-2-8)12(14)15/h1-7H. The number of carbonyl (C=O) groups excluding carboxylic acids is 1. The van der Waals surface area contributed by atoms with Gasteiger partial charge in [0.25, 0.3) is 5.69 Å². The number of aldehydes is 1. The summed E-state index contributed by atoms with van der Waals surface area (Å²) in [5.74, 6) is 0. The van der Waals surface area contributed by atoms with Crippen molar-refractivity contribution in [2.24, 2.45) is 0 Å². The summed E-state index contributed by atoms with van der Waals surface area (Å²) in [6.07, 6.45) is 0.793. The Balaban J connectivity index is 2.42. The molecule has 5 heteroatoms. The maximum Gasteiger partial charge on any atom is 0.269 e. The highest BCUT2D eigenvalue weighted by Gasteiger charge is 2.08. The normalized spacial score (nSPS) is 10.0. The van der Waals surface area contributed by atoms with Crippen LogP contribution in [-0.2, 0) is 0 Å². The predicted molar refractivity (Wildman–Crippen MR) is 61.8 cm³/mol. The van der Waals surface area contributed by atoms with E-state index in [1.54, 1.807) is 12.1 Å². The van der Waals surface area contributed by atoms with Gasteiger partial charge in [0.1, 0.15) is 0 Å². The van der Waals surface area contributed by atoms with E-state index in [1.165, 1.54) is 23.5 Å². The van der Waals surface area contributed by atoms with Gasteiger partial charge in [-0.2, -0.15) is 0 Å². The Hall–Kier alpha value is -2.01. The number of nitro groups is 1. The summed E-state index contributed by atoms with van der Waals surface area (Å²) in [7, 11) is 0. The van der Waals surface area contributed by atoms with Crippen LogP contribution in [0.2, 0.25) is 0 Å². The zero-order chi connectivity index (χ0) is 11.5.